The number of halogens is 1. The Labute approximate surface area is 159 Å². The molecule has 1 aliphatic rings. The van der Waals surface area contributed by atoms with Crippen molar-refractivity contribution in [1.29, 1.82) is 0 Å². The van der Waals surface area contributed by atoms with Gasteiger partial charge in [-0.05, 0) is 72.0 Å². The molecule has 1 aliphatic heterocycles. The van der Waals surface area contributed by atoms with Gasteiger partial charge in [0.1, 0.15) is 6.61 Å². The summed E-state index contributed by atoms with van der Waals surface area (Å²) in [5.41, 5.74) is 0.774. The quantitative estimate of drug-likeness (QED) is 0.361. The fourth-order valence-corrected chi connectivity index (χ4v) is 3.92. The first kappa shape index (κ1) is 18.9. The van der Waals surface area contributed by atoms with E-state index in [1.54, 1.807) is 25.3 Å². The Kier molecular flexibility index (Phi) is 6.34. The molecule has 0 aliphatic carbocycles. The number of imide groups is 1. The SMILES string of the molecule is C=CCOc1c(I)cc(/C=C2\SC(=O)N(C(C)C)C2=O)cc1OC. The van der Waals surface area contributed by atoms with Gasteiger partial charge in [0.25, 0.3) is 11.1 Å². The Morgan fingerprint density at radius 2 is 2.08 bits per heavy atom. The van der Waals surface area contributed by atoms with Gasteiger partial charge < -0.3 is 9.47 Å². The summed E-state index contributed by atoms with van der Waals surface area (Å²) in [5.74, 6) is 0.935. The van der Waals surface area contributed by atoms with Crippen molar-refractivity contribution < 1.29 is 19.1 Å². The average molecular weight is 459 g/mol. The molecule has 7 heteroatoms. The van der Waals surface area contributed by atoms with Crippen LogP contribution in [0.1, 0.15) is 19.4 Å². The summed E-state index contributed by atoms with van der Waals surface area (Å²) < 4.78 is 11.8. The molecule has 0 radical (unpaired) electrons. The third-order valence-electron chi connectivity index (χ3n) is 3.24. The molecule has 1 aromatic rings. The van der Waals surface area contributed by atoms with Gasteiger partial charge in [0.2, 0.25) is 0 Å². The molecule has 0 aromatic heterocycles. The van der Waals surface area contributed by atoms with E-state index >= 15 is 0 Å². The van der Waals surface area contributed by atoms with Gasteiger partial charge >= 0.3 is 0 Å². The van der Waals surface area contributed by atoms with E-state index < -0.39 is 0 Å². The number of hydrogen-bond acceptors (Lipinski definition) is 5. The lowest BCUT2D eigenvalue weighted by Crippen LogP contribution is -2.34. The molecule has 0 saturated carbocycles. The number of ether oxygens (including phenoxy) is 2. The van der Waals surface area contributed by atoms with Gasteiger partial charge in [-0.1, -0.05) is 12.7 Å². The molecule has 2 amide bonds. The van der Waals surface area contributed by atoms with Crippen LogP contribution in [0.15, 0.2) is 29.7 Å². The van der Waals surface area contributed by atoms with E-state index in [0.717, 1.165) is 20.9 Å². The standard InChI is InChI=1S/C17H18INO4S/c1-5-6-23-15-12(18)7-11(8-13(15)22-4)9-14-16(20)19(10(2)3)17(21)24-14/h5,7-10H,1,6H2,2-4H3/b14-9-. The lowest BCUT2D eigenvalue weighted by Gasteiger charge is -2.16. The number of hydrogen-bond donors (Lipinski definition) is 0. The molecule has 128 valence electrons. The molecule has 1 saturated heterocycles. The third-order valence-corrected chi connectivity index (χ3v) is 4.92. The van der Waals surface area contributed by atoms with E-state index in [4.69, 9.17) is 9.47 Å². The molecule has 2 rings (SSSR count). The summed E-state index contributed by atoms with van der Waals surface area (Å²) in [4.78, 5) is 26.0. The highest BCUT2D eigenvalue weighted by atomic mass is 127. The highest BCUT2D eigenvalue weighted by Crippen LogP contribution is 2.37. The Morgan fingerprint density at radius 3 is 2.62 bits per heavy atom. The predicted octanol–water partition coefficient (Wildman–Crippen LogP) is 4.31. The van der Waals surface area contributed by atoms with Crippen molar-refractivity contribution in [2.24, 2.45) is 0 Å². The van der Waals surface area contributed by atoms with E-state index in [-0.39, 0.29) is 17.2 Å². The number of nitrogens with zero attached hydrogens (tertiary/aromatic N) is 1. The Balaban J connectivity index is 2.36. The van der Waals surface area contributed by atoms with Crippen LogP contribution in [0.3, 0.4) is 0 Å². The molecule has 0 N–H and O–H groups in total. The van der Waals surface area contributed by atoms with Crippen LogP contribution >= 0.6 is 34.4 Å². The highest BCUT2D eigenvalue weighted by molar-refractivity contribution is 14.1. The topological polar surface area (TPSA) is 55.8 Å². The first-order valence-electron chi connectivity index (χ1n) is 7.27. The predicted molar refractivity (Wildman–Crippen MR) is 104 cm³/mol. The average Bonchev–Trinajstić information content (AvgIpc) is 2.79. The minimum absolute atomic E-state index is 0.159. The van der Waals surface area contributed by atoms with Crippen molar-refractivity contribution in [1.82, 2.24) is 4.90 Å². The zero-order valence-electron chi connectivity index (χ0n) is 13.7. The van der Waals surface area contributed by atoms with Gasteiger partial charge in [0.15, 0.2) is 11.5 Å². The number of amides is 2. The number of thioether (sulfide) groups is 1. The van der Waals surface area contributed by atoms with Crippen molar-refractivity contribution in [2.75, 3.05) is 13.7 Å². The van der Waals surface area contributed by atoms with Gasteiger partial charge in [-0.3, -0.25) is 14.5 Å². The van der Waals surface area contributed by atoms with Crippen LogP contribution in [0.2, 0.25) is 0 Å². The lowest BCUT2D eigenvalue weighted by atomic mass is 10.1. The smallest absolute Gasteiger partial charge is 0.293 e. The molecule has 0 unspecified atom stereocenters. The van der Waals surface area contributed by atoms with E-state index in [0.29, 0.717) is 23.0 Å². The summed E-state index contributed by atoms with van der Waals surface area (Å²) in [5, 5.41) is -0.242. The molecule has 24 heavy (non-hydrogen) atoms. The molecule has 1 fully saturated rings. The van der Waals surface area contributed by atoms with Crippen LogP contribution < -0.4 is 9.47 Å². The van der Waals surface area contributed by atoms with Crippen LogP contribution in [0.25, 0.3) is 6.08 Å². The maximum absolute atomic E-state index is 12.4. The zero-order chi connectivity index (χ0) is 17.9. The third kappa shape index (κ3) is 3.94. The molecule has 0 spiro atoms. The number of carbonyl (C=O) groups excluding carboxylic acids is 2. The monoisotopic (exact) mass is 459 g/mol. The Morgan fingerprint density at radius 1 is 1.38 bits per heavy atom. The van der Waals surface area contributed by atoms with Crippen LogP contribution in [-0.2, 0) is 4.79 Å². The van der Waals surface area contributed by atoms with Gasteiger partial charge in [-0.15, -0.1) is 0 Å². The number of benzene rings is 1. The van der Waals surface area contributed by atoms with Crippen LogP contribution in [0, 0.1) is 3.57 Å². The molecule has 1 heterocycles. The lowest BCUT2D eigenvalue weighted by molar-refractivity contribution is -0.123. The minimum Gasteiger partial charge on any atom is -0.493 e. The first-order chi connectivity index (χ1) is 11.4. The summed E-state index contributed by atoms with van der Waals surface area (Å²) in [6.45, 7) is 7.64. The fraction of sp³-hybridized carbons (Fsp3) is 0.294. The molecule has 0 bridgehead atoms. The zero-order valence-corrected chi connectivity index (χ0v) is 16.6. The number of carbonyl (C=O) groups is 2. The van der Waals surface area contributed by atoms with Crippen molar-refractivity contribution in [3.05, 3.63) is 38.8 Å². The van der Waals surface area contributed by atoms with Gasteiger partial charge in [0, 0.05) is 6.04 Å². The maximum atomic E-state index is 12.4. The largest absolute Gasteiger partial charge is 0.493 e. The Hall–Kier alpha value is -1.48. The fourth-order valence-electron chi connectivity index (χ4n) is 2.18. The van der Waals surface area contributed by atoms with Crippen LogP contribution in [0.5, 0.6) is 11.5 Å². The second-order valence-corrected chi connectivity index (χ2v) is 7.43. The van der Waals surface area contributed by atoms with Gasteiger partial charge in [-0.2, -0.15) is 0 Å². The molecule has 0 atom stereocenters. The first-order valence-corrected chi connectivity index (χ1v) is 9.16. The van der Waals surface area contributed by atoms with Crippen molar-refractivity contribution >= 4 is 51.6 Å². The van der Waals surface area contributed by atoms with Gasteiger partial charge in [0.05, 0.1) is 15.6 Å². The minimum atomic E-state index is -0.263. The van der Waals surface area contributed by atoms with E-state index in [2.05, 4.69) is 29.2 Å². The van der Waals surface area contributed by atoms with Crippen molar-refractivity contribution in [2.45, 2.75) is 19.9 Å². The summed E-state index contributed by atoms with van der Waals surface area (Å²) in [7, 11) is 1.56. The second kappa shape index (κ2) is 8.06. The molecule has 5 nitrogen and oxygen atoms in total. The van der Waals surface area contributed by atoms with E-state index in [9.17, 15) is 9.59 Å². The van der Waals surface area contributed by atoms with E-state index in [1.807, 2.05) is 19.9 Å². The molecular weight excluding hydrogens is 441 g/mol. The number of rotatable bonds is 6. The van der Waals surface area contributed by atoms with Crippen molar-refractivity contribution in [3.8, 4) is 11.5 Å². The van der Waals surface area contributed by atoms with Crippen LogP contribution in [-0.4, -0.2) is 35.8 Å². The van der Waals surface area contributed by atoms with Gasteiger partial charge in [-0.25, -0.2) is 0 Å². The second-order valence-electron chi connectivity index (χ2n) is 5.28. The molecular formula is C17H18INO4S. The van der Waals surface area contributed by atoms with E-state index in [1.165, 1.54) is 4.90 Å². The highest BCUT2D eigenvalue weighted by Gasteiger charge is 2.36. The maximum Gasteiger partial charge on any atom is 0.293 e. The van der Waals surface area contributed by atoms with Crippen molar-refractivity contribution in [3.63, 3.8) is 0 Å². The normalized spacial score (nSPS) is 16.2. The summed E-state index contributed by atoms with van der Waals surface area (Å²) in [6, 6.07) is 3.50. The Bertz CT molecular complexity index is 715. The van der Waals surface area contributed by atoms with Crippen LogP contribution in [0.4, 0.5) is 4.79 Å². The molecule has 1 aromatic carbocycles. The summed E-state index contributed by atoms with van der Waals surface area (Å²) in [6.07, 6.45) is 3.36. The number of methoxy groups -OCH3 is 1. The summed E-state index contributed by atoms with van der Waals surface area (Å²) >= 11 is 3.10.